The fraction of sp³-hybridized carbons (Fsp3) is 0.471. The zero-order valence-corrected chi connectivity index (χ0v) is 13.7. The van der Waals surface area contributed by atoms with Crippen LogP contribution in [0.4, 0.5) is 8.78 Å². The highest BCUT2D eigenvalue weighted by Crippen LogP contribution is 2.82. The van der Waals surface area contributed by atoms with Crippen molar-refractivity contribution >= 4 is 5.84 Å². The van der Waals surface area contributed by atoms with Crippen LogP contribution in [0.2, 0.25) is 0 Å². The highest BCUT2D eigenvalue weighted by Gasteiger charge is 2.94. The summed E-state index contributed by atoms with van der Waals surface area (Å²) in [6, 6.07) is 7.06. The maximum atomic E-state index is 14.4. The molecule has 3 atom stereocenters. The van der Waals surface area contributed by atoms with Gasteiger partial charge < -0.3 is 15.2 Å². The van der Waals surface area contributed by atoms with E-state index in [1.54, 1.807) is 13.8 Å². The minimum absolute atomic E-state index is 0.00568. The van der Waals surface area contributed by atoms with E-state index < -0.39 is 34.3 Å². The number of hydrogen-bond acceptors (Lipinski definition) is 6. The maximum Gasteiger partial charge on any atom is 0.293 e. The number of ether oxygens (including phenoxy) is 2. The molecule has 1 aliphatic heterocycles. The van der Waals surface area contributed by atoms with Gasteiger partial charge in [-0.1, -0.05) is 6.07 Å². The van der Waals surface area contributed by atoms with Gasteiger partial charge in [-0.3, -0.25) is 0 Å². The Morgan fingerprint density at radius 2 is 1.84 bits per heavy atom. The molecule has 130 valence electrons. The van der Waals surface area contributed by atoms with Crippen molar-refractivity contribution in [2.45, 2.75) is 25.7 Å². The molecule has 0 radical (unpaired) electrons. The lowest BCUT2D eigenvalue weighted by Crippen LogP contribution is -2.43. The number of nitrogens with zero attached hydrogens (tertiary/aromatic N) is 3. The summed E-state index contributed by atoms with van der Waals surface area (Å²) in [7, 11) is 0. The lowest BCUT2D eigenvalue weighted by molar-refractivity contribution is -0.255. The molecule has 3 rings (SSSR count). The van der Waals surface area contributed by atoms with Crippen LogP contribution >= 0.6 is 0 Å². The van der Waals surface area contributed by atoms with Crippen molar-refractivity contribution in [1.29, 1.82) is 10.5 Å². The first-order chi connectivity index (χ1) is 11.9. The Balaban J connectivity index is 2.25. The lowest BCUT2D eigenvalue weighted by atomic mass is 9.93. The largest absolute Gasteiger partial charge is 0.386 e. The first-order valence-electron chi connectivity index (χ1n) is 7.81. The minimum atomic E-state index is -1.81. The van der Waals surface area contributed by atoms with Gasteiger partial charge in [0.05, 0.1) is 12.1 Å². The summed E-state index contributed by atoms with van der Waals surface area (Å²) in [4.78, 5) is 4.15. The number of aliphatic imine (C=N–C) groups is 1. The molecule has 2 aliphatic rings. The SMILES string of the molecule is CCOC1(OCC)N=C(N)C2(C#N)C(c3ccc(F)cc3F)C12C#N. The summed E-state index contributed by atoms with van der Waals surface area (Å²) in [6.07, 6.45) is 0. The molecule has 0 amide bonds. The summed E-state index contributed by atoms with van der Waals surface area (Å²) in [5.74, 6) is -4.56. The molecule has 0 aromatic heterocycles. The molecular weight excluding hydrogens is 330 g/mol. The number of nitriles is 2. The van der Waals surface area contributed by atoms with Crippen LogP contribution in [-0.4, -0.2) is 25.0 Å². The highest BCUT2D eigenvalue weighted by molar-refractivity contribution is 6.00. The number of halogens is 2. The smallest absolute Gasteiger partial charge is 0.293 e. The molecule has 1 aromatic rings. The summed E-state index contributed by atoms with van der Waals surface area (Å²) < 4.78 is 38.9. The molecular formula is C17H16F2N4O2. The third kappa shape index (κ3) is 1.78. The molecule has 1 aromatic carbocycles. The van der Waals surface area contributed by atoms with Crippen LogP contribution in [0.3, 0.4) is 0 Å². The van der Waals surface area contributed by atoms with Crippen molar-refractivity contribution < 1.29 is 18.3 Å². The van der Waals surface area contributed by atoms with E-state index in [9.17, 15) is 19.3 Å². The van der Waals surface area contributed by atoms with Gasteiger partial charge in [-0.05, 0) is 25.5 Å². The van der Waals surface area contributed by atoms with Crippen molar-refractivity contribution in [2.75, 3.05) is 13.2 Å². The van der Waals surface area contributed by atoms with Gasteiger partial charge in [0.2, 0.25) is 0 Å². The van der Waals surface area contributed by atoms with Gasteiger partial charge in [0, 0.05) is 25.2 Å². The molecule has 0 saturated heterocycles. The number of hydrogen-bond donors (Lipinski definition) is 1. The molecule has 25 heavy (non-hydrogen) atoms. The van der Waals surface area contributed by atoms with Gasteiger partial charge in [0.1, 0.15) is 22.9 Å². The molecule has 1 heterocycles. The Morgan fingerprint density at radius 3 is 2.32 bits per heavy atom. The quantitative estimate of drug-likeness (QED) is 0.823. The first kappa shape index (κ1) is 17.3. The van der Waals surface area contributed by atoms with Gasteiger partial charge >= 0.3 is 0 Å². The van der Waals surface area contributed by atoms with Gasteiger partial charge in [0.25, 0.3) is 5.91 Å². The van der Waals surface area contributed by atoms with E-state index in [-0.39, 0.29) is 24.6 Å². The Labute approximate surface area is 143 Å². The Morgan fingerprint density at radius 1 is 1.20 bits per heavy atom. The Bertz CT molecular complexity index is 838. The standard InChI is InChI=1S/C17H16F2N4O2/c1-3-24-17(25-4-2)16(9-21)13(15(16,8-20)14(22)23-17)11-6-5-10(18)7-12(11)19/h5-7,13H,3-4H2,1-2H3,(H2,22,23). The fourth-order valence-electron chi connectivity index (χ4n) is 3.95. The van der Waals surface area contributed by atoms with Crippen LogP contribution in [-0.2, 0) is 9.47 Å². The Hall–Kier alpha value is -2.55. The van der Waals surface area contributed by atoms with Crippen molar-refractivity contribution in [3.05, 3.63) is 35.4 Å². The topological polar surface area (TPSA) is 104 Å². The number of nitrogens with two attached hydrogens (primary N) is 1. The van der Waals surface area contributed by atoms with Crippen molar-refractivity contribution in [2.24, 2.45) is 21.6 Å². The van der Waals surface area contributed by atoms with E-state index in [1.807, 2.05) is 6.07 Å². The van der Waals surface area contributed by atoms with Gasteiger partial charge in [-0.2, -0.15) is 10.5 Å². The molecule has 1 saturated carbocycles. The third-order valence-electron chi connectivity index (χ3n) is 4.88. The molecule has 2 N–H and O–H groups in total. The normalized spacial score (nSPS) is 31.6. The molecule has 0 spiro atoms. The second kappa shape index (κ2) is 5.48. The van der Waals surface area contributed by atoms with E-state index in [1.165, 1.54) is 6.07 Å². The van der Waals surface area contributed by atoms with Crippen molar-refractivity contribution in [1.82, 2.24) is 0 Å². The van der Waals surface area contributed by atoms with Gasteiger partial charge in [-0.25, -0.2) is 13.8 Å². The lowest BCUT2D eigenvalue weighted by Gasteiger charge is -2.31. The number of rotatable bonds is 5. The zero-order chi connectivity index (χ0) is 18.5. The van der Waals surface area contributed by atoms with Crippen LogP contribution in [0, 0.1) is 45.1 Å². The highest BCUT2D eigenvalue weighted by atomic mass is 19.1. The molecule has 0 bridgehead atoms. The average Bonchev–Trinajstić information content (AvgIpc) is 3.13. The number of fused-ring (bicyclic) bond motifs is 1. The van der Waals surface area contributed by atoms with Crippen LogP contribution in [0.5, 0.6) is 0 Å². The zero-order valence-electron chi connectivity index (χ0n) is 13.7. The predicted octanol–water partition coefficient (Wildman–Crippen LogP) is 2.18. The van der Waals surface area contributed by atoms with Crippen LogP contribution in [0.25, 0.3) is 0 Å². The maximum absolute atomic E-state index is 14.4. The van der Waals surface area contributed by atoms with Crippen LogP contribution in [0.15, 0.2) is 23.2 Å². The first-order valence-corrected chi connectivity index (χ1v) is 7.81. The van der Waals surface area contributed by atoms with E-state index >= 15 is 0 Å². The molecule has 1 aliphatic carbocycles. The second-order valence-electron chi connectivity index (χ2n) is 5.88. The van der Waals surface area contributed by atoms with Crippen LogP contribution < -0.4 is 5.73 Å². The molecule has 1 fully saturated rings. The molecule has 6 nitrogen and oxygen atoms in total. The fourth-order valence-corrected chi connectivity index (χ4v) is 3.95. The predicted molar refractivity (Wildman–Crippen MR) is 82.8 cm³/mol. The van der Waals surface area contributed by atoms with E-state index in [0.29, 0.717) is 6.07 Å². The summed E-state index contributed by atoms with van der Waals surface area (Å²) in [5, 5.41) is 19.8. The molecule has 3 unspecified atom stereocenters. The molecule has 8 heteroatoms. The van der Waals surface area contributed by atoms with Crippen LogP contribution in [0.1, 0.15) is 25.3 Å². The van der Waals surface area contributed by atoms with E-state index in [2.05, 4.69) is 11.1 Å². The minimum Gasteiger partial charge on any atom is -0.386 e. The summed E-state index contributed by atoms with van der Waals surface area (Å²) in [6.45, 7) is 3.64. The average molecular weight is 346 g/mol. The van der Waals surface area contributed by atoms with Gasteiger partial charge in [-0.15, -0.1) is 0 Å². The monoisotopic (exact) mass is 346 g/mol. The van der Waals surface area contributed by atoms with E-state index in [0.717, 1.165) is 6.07 Å². The second-order valence-corrected chi connectivity index (χ2v) is 5.88. The van der Waals surface area contributed by atoms with Crippen molar-refractivity contribution in [3.8, 4) is 12.1 Å². The summed E-state index contributed by atoms with van der Waals surface area (Å²) in [5.41, 5.74) is 2.75. The third-order valence-corrected chi connectivity index (χ3v) is 4.88. The van der Waals surface area contributed by atoms with E-state index in [4.69, 9.17) is 15.2 Å². The number of benzene rings is 1. The number of amidine groups is 1. The Kier molecular flexibility index (Phi) is 3.79. The summed E-state index contributed by atoms with van der Waals surface area (Å²) >= 11 is 0. The van der Waals surface area contributed by atoms with Gasteiger partial charge in [0.15, 0.2) is 5.41 Å². The van der Waals surface area contributed by atoms with Crippen molar-refractivity contribution in [3.63, 3.8) is 0 Å².